The van der Waals surface area contributed by atoms with Gasteiger partial charge in [-0.05, 0) is 44.2 Å². The van der Waals surface area contributed by atoms with E-state index in [2.05, 4.69) is 29.6 Å². The first-order chi connectivity index (χ1) is 9.74. The lowest BCUT2D eigenvalue weighted by Gasteiger charge is -2.58. The van der Waals surface area contributed by atoms with Gasteiger partial charge in [-0.25, -0.2) is 0 Å². The highest BCUT2D eigenvalue weighted by atomic mass is 16.5. The number of benzene rings is 1. The van der Waals surface area contributed by atoms with Gasteiger partial charge in [-0.1, -0.05) is 18.2 Å². The van der Waals surface area contributed by atoms with E-state index in [0.717, 1.165) is 25.5 Å². The average Bonchev–Trinajstić information content (AvgIpc) is 2.46. The molecule has 0 aromatic heterocycles. The second-order valence-corrected chi connectivity index (χ2v) is 6.48. The fourth-order valence-electron chi connectivity index (χ4n) is 4.37. The Bertz CT molecular complexity index is 458. The predicted molar refractivity (Wildman–Crippen MR) is 80.3 cm³/mol. The topological polar surface area (TPSA) is 30.5 Å². The summed E-state index contributed by atoms with van der Waals surface area (Å²) in [5.74, 6) is 1.03. The molecule has 1 aliphatic carbocycles. The van der Waals surface area contributed by atoms with Gasteiger partial charge in [0.05, 0.1) is 7.11 Å². The molecule has 1 aromatic carbocycles. The third-order valence-electron chi connectivity index (χ3n) is 5.17. The Hall–Kier alpha value is -1.06. The number of hydrogen-bond acceptors (Lipinski definition) is 3. The van der Waals surface area contributed by atoms with Crippen LogP contribution in [0.1, 0.15) is 31.2 Å². The van der Waals surface area contributed by atoms with Gasteiger partial charge < -0.3 is 14.8 Å². The number of para-hydroxylation sites is 1. The molecule has 20 heavy (non-hydrogen) atoms. The summed E-state index contributed by atoms with van der Waals surface area (Å²) in [6.45, 7) is 2.89. The minimum atomic E-state index is 0.235. The predicted octanol–water partition coefficient (Wildman–Crippen LogP) is 2.74. The van der Waals surface area contributed by atoms with Gasteiger partial charge >= 0.3 is 0 Å². The minimum Gasteiger partial charge on any atom is -0.496 e. The van der Waals surface area contributed by atoms with Crippen molar-refractivity contribution in [2.75, 3.05) is 33.9 Å². The first-order valence-corrected chi connectivity index (χ1v) is 7.60. The Morgan fingerprint density at radius 3 is 2.55 bits per heavy atom. The smallest absolute Gasteiger partial charge is 0.122 e. The zero-order valence-corrected chi connectivity index (χ0v) is 12.6. The van der Waals surface area contributed by atoms with E-state index in [0.29, 0.717) is 5.41 Å². The van der Waals surface area contributed by atoms with Crippen LogP contribution in [-0.2, 0) is 10.2 Å². The van der Waals surface area contributed by atoms with Gasteiger partial charge in [0.15, 0.2) is 0 Å². The molecule has 1 saturated heterocycles. The Balaban J connectivity index is 1.87. The quantitative estimate of drug-likeness (QED) is 0.916. The largest absolute Gasteiger partial charge is 0.496 e. The lowest BCUT2D eigenvalue weighted by Crippen LogP contribution is -2.56. The lowest BCUT2D eigenvalue weighted by atomic mass is 9.48. The van der Waals surface area contributed by atoms with Gasteiger partial charge in [-0.3, -0.25) is 0 Å². The molecule has 0 radical (unpaired) electrons. The summed E-state index contributed by atoms with van der Waals surface area (Å²) in [7, 11) is 3.82. The lowest BCUT2D eigenvalue weighted by molar-refractivity contribution is -0.0737. The van der Waals surface area contributed by atoms with Crippen molar-refractivity contribution < 1.29 is 9.47 Å². The summed E-state index contributed by atoms with van der Waals surface area (Å²) < 4.78 is 11.1. The maximum atomic E-state index is 5.60. The molecule has 1 N–H and O–H groups in total. The van der Waals surface area contributed by atoms with Crippen molar-refractivity contribution in [3.05, 3.63) is 29.8 Å². The van der Waals surface area contributed by atoms with Crippen LogP contribution >= 0.6 is 0 Å². The van der Waals surface area contributed by atoms with Crippen molar-refractivity contribution in [1.82, 2.24) is 5.32 Å². The molecule has 1 heterocycles. The zero-order valence-electron chi connectivity index (χ0n) is 12.6. The molecule has 1 saturated carbocycles. The van der Waals surface area contributed by atoms with Crippen LogP contribution in [0.25, 0.3) is 0 Å². The van der Waals surface area contributed by atoms with Crippen molar-refractivity contribution in [2.24, 2.45) is 5.41 Å². The highest BCUT2D eigenvalue weighted by Gasteiger charge is 2.55. The molecule has 0 amide bonds. The van der Waals surface area contributed by atoms with Crippen molar-refractivity contribution in [2.45, 2.75) is 31.1 Å². The fourth-order valence-corrected chi connectivity index (χ4v) is 4.37. The normalized spacial score (nSPS) is 23.3. The van der Waals surface area contributed by atoms with Crippen LogP contribution in [0.5, 0.6) is 5.75 Å². The molecule has 2 fully saturated rings. The van der Waals surface area contributed by atoms with Gasteiger partial charge in [-0.2, -0.15) is 0 Å². The van der Waals surface area contributed by atoms with Crippen LogP contribution in [-0.4, -0.2) is 33.9 Å². The monoisotopic (exact) mass is 275 g/mol. The van der Waals surface area contributed by atoms with Gasteiger partial charge in [0.25, 0.3) is 0 Å². The molecule has 1 aromatic rings. The number of likely N-dealkylation sites (N-methyl/N-ethyl adjacent to an activating group) is 1. The zero-order chi connectivity index (χ0) is 14.1. The Kier molecular flexibility index (Phi) is 3.74. The van der Waals surface area contributed by atoms with E-state index in [1.165, 1.54) is 31.2 Å². The third-order valence-corrected chi connectivity index (χ3v) is 5.17. The molecule has 0 atom stereocenters. The second kappa shape index (κ2) is 5.38. The molecule has 3 nitrogen and oxygen atoms in total. The van der Waals surface area contributed by atoms with E-state index < -0.39 is 0 Å². The molecule has 2 aliphatic rings. The average molecular weight is 275 g/mol. The molecule has 1 aliphatic heterocycles. The highest BCUT2D eigenvalue weighted by Crippen LogP contribution is 2.61. The van der Waals surface area contributed by atoms with Gasteiger partial charge in [0.2, 0.25) is 0 Å². The van der Waals surface area contributed by atoms with E-state index >= 15 is 0 Å². The maximum Gasteiger partial charge on any atom is 0.122 e. The number of methoxy groups -OCH3 is 1. The van der Waals surface area contributed by atoms with E-state index in [4.69, 9.17) is 9.47 Å². The number of ether oxygens (including phenoxy) is 2. The SMILES string of the molecule is CNCC1(c2ccccc2OC)CC2(CCOCC2)C1. The van der Waals surface area contributed by atoms with E-state index in [1.807, 2.05) is 7.05 Å². The van der Waals surface area contributed by atoms with Gasteiger partial charge in [0, 0.05) is 30.7 Å². The Morgan fingerprint density at radius 2 is 1.90 bits per heavy atom. The van der Waals surface area contributed by atoms with E-state index in [9.17, 15) is 0 Å². The Labute approximate surface area is 121 Å². The van der Waals surface area contributed by atoms with E-state index in [-0.39, 0.29) is 5.41 Å². The van der Waals surface area contributed by atoms with Crippen molar-refractivity contribution in [3.8, 4) is 5.75 Å². The summed E-state index contributed by atoms with van der Waals surface area (Å²) in [6.07, 6.45) is 4.94. The van der Waals surface area contributed by atoms with Crippen LogP contribution in [0.4, 0.5) is 0 Å². The van der Waals surface area contributed by atoms with Crippen LogP contribution < -0.4 is 10.1 Å². The van der Waals surface area contributed by atoms with E-state index in [1.54, 1.807) is 7.11 Å². The molecule has 0 unspecified atom stereocenters. The van der Waals surface area contributed by atoms with Gasteiger partial charge in [-0.15, -0.1) is 0 Å². The van der Waals surface area contributed by atoms with Crippen LogP contribution in [0.15, 0.2) is 24.3 Å². The maximum absolute atomic E-state index is 5.60. The molecule has 110 valence electrons. The fraction of sp³-hybridized carbons (Fsp3) is 0.647. The molecule has 0 bridgehead atoms. The standard InChI is InChI=1S/C17H25NO2/c1-18-13-17(14-5-3-4-6-15(14)19-2)11-16(12-17)7-9-20-10-8-16/h3-6,18H,7-13H2,1-2H3. The van der Waals surface area contributed by atoms with Crippen molar-refractivity contribution in [1.29, 1.82) is 0 Å². The molecular formula is C17H25NO2. The molecule has 1 spiro atoms. The summed E-state index contributed by atoms with van der Waals surface area (Å²) in [5, 5.41) is 3.40. The summed E-state index contributed by atoms with van der Waals surface area (Å²) in [5.41, 5.74) is 2.11. The van der Waals surface area contributed by atoms with Gasteiger partial charge in [0.1, 0.15) is 5.75 Å². The van der Waals surface area contributed by atoms with Crippen LogP contribution in [0.2, 0.25) is 0 Å². The van der Waals surface area contributed by atoms with Crippen LogP contribution in [0, 0.1) is 5.41 Å². The molecule has 3 rings (SSSR count). The van der Waals surface area contributed by atoms with Crippen molar-refractivity contribution >= 4 is 0 Å². The Morgan fingerprint density at radius 1 is 1.20 bits per heavy atom. The first kappa shape index (κ1) is 13.9. The summed E-state index contributed by atoms with van der Waals surface area (Å²) in [6, 6.07) is 8.51. The number of hydrogen-bond donors (Lipinski definition) is 1. The third kappa shape index (κ3) is 2.23. The summed E-state index contributed by atoms with van der Waals surface area (Å²) >= 11 is 0. The first-order valence-electron chi connectivity index (χ1n) is 7.60. The van der Waals surface area contributed by atoms with Crippen molar-refractivity contribution in [3.63, 3.8) is 0 Å². The summed E-state index contributed by atoms with van der Waals surface area (Å²) in [4.78, 5) is 0. The molecular weight excluding hydrogens is 250 g/mol. The second-order valence-electron chi connectivity index (χ2n) is 6.48. The number of nitrogens with one attached hydrogen (secondary N) is 1. The molecule has 3 heteroatoms. The highest BCUT2D eigenvalue weighted by molar-refractivity contribution is 5.43. The van der Waals surface area contributed by atoms with Crippen LogP contribution in [0.3, 0.4) is 0 Å². The number of rotatable bonds is 4. The minimum absolute atomic E-state index is 0.235.